The smallest absolute Gasteiger partial charge is 0.213 e. The Morgan fingerprint density at radius 3 is 2.73 bits per heavy atom. The van der Waals surface area contributed by atoms with Gasteiger partial charge in [-0.15, -0.1) is 0 Å². The molecule has 0 saturated heterocycles. The van der Waals surface area contributed by atoms with E-state index in [1.54, 1.807) is 6.20 Å². The number of aromatic nitrogens is 1. The lowest BCUT2D eigenvalue weighted by Crippen LogP contribution is -2.36. The van der Waals surface area contributed by atoms with Crippen molar-refractivity contribution in [1.82, 2.24) is 15.6 Å². The molecule has 2 N–H and O–H groups in total. The normalized spacial score (nSPS) is 11.9. The predicted molar refractivity (Wildman–Crippen MR) is 98.0 cm³/mol. The Morgan fingerprint density at radius 2 is 2.12 bits per heavy atom. The molecule has 0 bridgehead atoms. The van der Waals surface area contributed by atoms with E-state index in [2.05, 4.69) is 41.4 Å². The van der Waals surface area contributed by atoms with Gasteiger partial charge in [-0.2, -0.15) is 5.26 Å². The van der Waals surface area contributed by atoms with E-state index in [4.69, 9.17) is 9.68 Å². The van der Waals surface area contributed by atoms with Gasteiger partial charge in [0.25, 0.3) is 0 Å². The zero-order chi connectivity index (χ0) is 19.2. The van der Waals surface area contributed by atoms with Gasteiger partial charge in [-0.25, -0.2) is 14.4 Å². The van der Waals surface area contributed by atoms with Crippen LogP contribution in [0.15, 0.2) is 33.8 Å². The Hall–Kier alpha value is -2.88. The van der Waals surface area contributed by atoms with Crippen LogP contribution in [0.4, 0.5) is 4.39 Å². The molecule has 0 aliphatic heterocycles. The minimum atomic E-state index is -0.383. The molecule has 138 valence electrons. The van der Waals surface area contributed by atoms with Gasteiger partial charge < -0.3 is 15.1 Å². The average Bonchev–Trinajstić information content (AvgIpc) is 3.08. The Balaban J connectivity index is 2.05. The molecular formula is C19H24FN5O. The Labute approximate surface area is 153 Å². The summed E-state index contributed by atoms with van der Waals surface area (Å²) < 4.78 is 19.6. The number of hydrogen-bond donors (Lipinski definition) is 2. The summed E-state index contributed by atoms with van der Waals surface area (Å²) in [5, 5.41) is 15.1. The van der Waals surface area contributed by atoms with Crippen molar-refractivity contribution in [3.63, 3.8) is 0 Å². The Morgan fingerprint density at radius 1 is 1.35 bits per heavy atom. The highest BCUT2D eigenvalue weighted by atomic mass is 19.1. The van der Waals surface area contributed by atoms with E-state index < -0.39 is 0 Å². The van der Waals surface area contributed by atoms with Gasteiger partial charge >= 0.3 is 0 Å². The maximum absolute atomic E-state index is 13.9. The number of rotatable bonds is 5. The molecule has 26 heavy (non-hydrogen) atoms. The first-order valence-corrected chi connectivity index (χ1v) is 8.49. The monoisotopic (exact) mass is 357 g/mol. The van der Waals surface area contributed by atoms with Crippen LogP contribution in [-0.4, -0.2) is 17.5 Å². The summed E-state index contributed by atoms with van der Waals surface area (Å²) >= 11 is 0. The van der Waals surface area contributed by atoms with E-state index in [0.29, 0.717) is 36.1 Å². The van der Waals surface area contributed by atoms with Crippen molar-refractivity contribution in [3.8, 4) is 6.07 Å². The van der Waals surface area contributed by atoms with E-state index in [0.717, 1.165) is 5.76 Å². The molecule has 0 amide bonds. The third kappa shape index (κ3) is 5.31. The number of hydrogen-bond acceptors (Lipinski definition) is 4. The second-order valence-corrected chi connectivity index (χ2v) is 6.83. The summed E-state index contributed by atoms with van der Waals surface area (Å²) in [5.41, 5.74) is 0.670. The molecule has 2 aromatic rings. The lowest BCUT2D eigenvalue weighted by Gasteiger charge is -2.13. The molecule has 1 heterocycles. The summed E-state index contributed by atoms with van der Waals surface area (Å²) in [6.07, 6.45) is 1.73. The number of oxazole rings is 1. The first-order valence-electron chi connectivity index (χ1n) is 8.49. The largest absolute Gasteiger partial charge is 0.443 e. The summed E-state index contributed by atoms with van der Waals surface area (Å²) in [7, 11) is 0. The minimum Gasteiger partial charge on any atom is -0.443 e. The molecule has 0 unspecified atom stereocenters. The van der Waals surface area contributed by atoms with E-state index in [1.807, 2.05) is 13.0 Å². The van der Waals surface area contributed by atoms with Crippen molar-refractivity contribution in [3.05, 3.63) is 53.0 Å². The summed E-state index contributed by atoms with van der Waals surface area (Å²) in [4.78, 5) is 8.63. The standard InChI is InChI=1S/C19H24FN5O/c1-5-22-18(24-10-14-8-13(9-21)6-7-15(14)20)25-12-17-23-11-16(26-17)19(2,3)4/h6-8,11H,5,10,12H2,1-4H3,(H2,22,24,25). The molecule has 6 nitrogen and oxygen atoms in total. The topological polar surface area (TPSA) is 86.2 Å². The van der Waals surface area contributed by atoms with E-state index in [1.165, 1.54) is 18.2 Å². The van der Waals surface area contributed by atoms with Crippen LogP contribution in [0.25, 0.3) is 0 Å². The van der Waals surface area contributed by atoms with Gasteiger partial charge in [-0.05, 0) is 25.1 Å². The van der Waals surface area contributed by atoms with Gasteiger partial charge in [0.1, 0.15) is 11.6 Å². The van der Waals surface area contributed by atoms with Crippen LogP contribution >= 0.6 is 0 Å². The number of nitrogens with one attached hydrogen (secondary N) is 2. The van der Waals surface area contributed by atoms with Gasteiger partial charge in [0.2, 0.25) is 5.89 Å². The van der Waals surface area contributed by atoms with Gasteiger partial charge in [0.05, 0.1) is 30.9 Å². The molecule has 0 spiro atoms. The number of nitriles is 1. The Bertz CT molecular complexity index is 814. The zero-order valence-corrected chi connectivity index (χ0v) is 15.6. The molecule has 0 aliphatic rings. The van der Waals surface area contributed by atoms with Crippen LogP contribution in [0.1, 0.15) is 50.5 Å². The van der Waals surface area contributed by atoms with Crippen LogP contribution in [0, 0.1) is 17.1 Å². The van der Waals surface area contributed by atoms with E-state index in [-0.39, 0.29) is 17.8 Å². The van der Waals surface area contributed by atoms with Crippen LogP contribution in [0.5, 0.6) is 0 Å². The molecule has 0 fully saturated rings. The molecule has 1 aromatic carbocycles. The highest BCUT2D eigenvalue weighted by molar-refractivity contribution is 5.79. The highest BCUT2D eigenvalue weighted by Gasteiger charge is 2.19. The second kappa shape index (κ2) is 8.48. The van der Waals surface area contributed by atoms with E-state index >= 15 is 0 Å². The Kier molecular flexibility index (Phi) is 6.34. The zero-order valence-electron chi connectivity index (χ0n) is 15.6. The molecule has 7 heteroatoms. The third-order valence-corrected chi connectivity index (χ3v) is 3.63. The van der Waals surface area contributed by atoms with Crippen LogP contribution in [0.3, 0.4) is 0 Å². The maximum Gasteiger partial charge on any atom is 0.213 e. The summed E-state index contributed by atoms with van der Waals surface area (Å²) in [6, 6.07) is 6.24. The van der Waals surface area contributed by atoms with Crippen molar-refractivity contribution < 1.29 is 8.81 Å². The molecule has 1 aromatic heterocycles. The summed E-state index contributed by atoms with van der Waals surface area (Å²) in [5.74, 6) is 1.50. The fourth-order valence-electron chi connectivity index (χ4n) is 2.17. The first-order chi connectivity index (χ1) is 12.3. The molecule has 0 aliphatic carbocycles. The van der Waals surface area contributed by atoms with Crippen LogP contribution < -0.4 is 10.6 Å². The van der Waals surface area contributed by atoms with Crippen molar-refractivity contribution in [2.75, 3.05) is 6.54 Å². The number of nitrogens with zero attached hydrogens (tertiary/aromatic N) is 3. The molecule has 0 saturated carbocycles. The summed E-state index contributed by atoms with van der Waals surface area (Å²) in [6.45, 7) is 9.25. The highest BCUT2D eigenvalue weighted by Crippen LogP contribution is 2.22. The van der Waals surface area contributed by atoms with Crippen molar-refractivity contribution in [2.24, 2.45) is 4.99 Å². The lowest BCUT2D eigenvalue weighted by molar-refractivity contribution is 0.379. The van der Waals surface area contributed by atoms with Crippen molar-refractivity contribution in [2.45, 2.75) is 46.2 Å². The quantitative estimate of drug-likeness (QED) is 0.634. The minimum absolute atomic E-state index is 0.104. The average molecular weight is 357 g/mol. The van der Waals surface area contributed by atoms with Crippen LogP contribution in [0.2, 0.25) is 0 Å². The van der Waals surface area contributed by atoms with Crippen LogP contribution in [-0.2, 0) is 18.5 Å². The number of benzene rings is 1. The third-order valence-electron chi connectivity index (χ3n) is 3.63. The first kappa shape index (κ1) is 19.4. The molecule has 0 atom stereocenters. The van der Waals surface area contributed by atoms with Gasteiger partial charge in [0.15, 0.2) is 5.96 Å². The van der Waals surface area contributed by atoms with Gasteiger partial charge in [0, 0.05) is 17.5 Å². The molecule has 2 rings (SSSR count). The number of aliphatic imine (C=N–C) groups is 1. The fraction of sp³-hybridized carbons (Fsp3) is 0.421. The van der Waals surface area contributed by atoms with E-state index in [9.17, 15) is 4.39 Å². The second-order valence-electron chi connectivity index (χ2n) is 6.83. The van der Waals surface area contributed by atoms with Crippen molar-refractivity contribution >= 4 is 5.96 Å². The molecule has 0 radical (unpaired) electrons. The molecular weight excluding hydrogens is 333 g/mol. The van der Waals surface area contributed by atoms with Gasteiger partial charge in [-0.3, -0.25) is 0 Å². The fourth-order valence-corrected chi connectivity index (χ4v) is 2.17. The number of guanidine groups is 1. The number of halogens is 1. The predicted octanol–water partition coefficient (Wildman–Crippen LogP) is 3.24. The van der Waals surface area contributed by atoms with Gasteiger partial charge in [-0.1, -0.05) is 20.8 Å². The lowest BCUT2D eigenvalue weighted by atomic mass is 9.94. The SMILES string of the molecule is CCNC(=NCc1cc(C#N)ccc1F)NCc1ncc(C(C)(C)C)o1. The van der Waals surface area contributed by atoms with Crippen molar-refractivity contribution in [1.29, 1.82) is 5.26 Å². The maximum atomic E-state index is 13.9.